The maximum atomic E-state index is 13.0. The molecule has 4 rings (SSSR count). The number of benzene rings is 2. The summed E-state index contributed by atoms with van der Waals surface area (Å²) in [4.78, 5) is 49.0. The highest BCUT2D eigenvalue weighted by molar-refractivity contribution is 7.81. The van der Waals surface area contributed by atoms with Crippen molar-refractivity contribution in [2.75, 3.05) is 14.1 Å². The summed E-state index contributed by atoms with van der Waals surface area (Å²) in [5, 5.41) is 23.0. The maximum absolute atomic E-state index is 13.0. The number of carbonyl (C=O) groups excluding carboxylic acids is 2. The number of thiocarbonyl (C=S) groups is 1. The zero-order chi connectivity index (χ0) is 21.9. The molecule has 1 fully saturated rings. The first kappa shape index (κ1) is 19.3. The van der Waals surface area contributed by atoms with Crippen LogP contribution < -0.4 is 0 Å². The number of nitro groups is 2. The van der Waals surface area contributed by atoms with E-state index in [9.17, 15) is 29.8 Å². The van der Waals surface area contributed by atoms with E-state index in [1.807, 2.05) is 0 Å². The van der Waals surface area contributed by atoms with Gasteiger partial charge in [0.25, 0.3) is 17.3 Å². The molecular formula is C19H12N4O6S. The average Bonchev–Trinajstić information content (AvgIpc) is 3.04. The van der Waals surface area contributed by atoms with Crippen LogP contribution in [0.2, 0.25) is 0 Å². The number of fused-ring (bicyclic) bond motifs is 3. The molecular weight excluding hydrogens is 412 g/mol. The Morgan fingerprint density at radius 2 is 1.57 bits per heavy atom. The number of imide groups is 1. The van der Waals surface area contributed by atoms with Gasteiger partial charge in [-0.25, -0.2) is 4.79 Å². The van der Waals surface area contributed by atoms with Crippen LogP contribution in [0.4, 0.5) is 16.2 Å². The van der Waals surface area contributed by atoms with Crippen molar-refractivity contribution >= 4 is 46.1 Å². The van der Waals surface area contributed by atoms with E-state index in [2.05, 4.69) is 0 Å². The molecule has 1 heterocycles. The summed E-state index contributed by atoms with van der Waals surface area (Å²) in [5.41, 5.74) is 1.01. The molecule has 1 aliphatic carbocycles. The highest BCUT2D eigenvalue weighted by atomic mass is 32.1. The fourth-order valence-electron chi connectivity index (χ4n) is 3.71. The third kappa shape index (κ3) is 2.52. The minimum Gasteiger partial charge on any atom is -0.287 e. The third-order valence-corrected chi connectivity index (χ3v) is 5.60. The van der Waals surface area contributed by atoms with Crippen LogP contribution in [0.3, 0.4) is 0 Å². The van der Waals surface area contributed by atoms with Crippen LogP contribution in [0, 0.1) is 20.2 Å². The van der Waals surface area contributed by atoms with Crippen molar-refractivity contribution in [2.45, 2.75) is 0 Å². The van der Waals surface area contributed by atoms with E-state index in [0.29, 0.717) is 11.1 Å². The summed E-state index contributed by atoms with van der Waals surface area (Å²) < 4.78 is 0. The third-order valence-electron chi connectivity index (χ3n) is 5.12. The number of amides is 3. The van der Waals surface area contributed by atoms with Gasteiger partial charge in [0, 0.05) is 37.9 Å². The number of hydrogen-bond donors (Lipinski definition) is 0. The van der Waals surface area contributed by atoms with Gasteiger partial charge < -0.3 is 0 Å². The smallest absolute Gasteiger partial charge is 0.287 e. The highest BCUT2D eigenvalue weighted by Crippen LogP contribution is 2.51. The predicted molar refractivity (Wildman–Crippen MR) is 110 cm³/mol. The van der Waals surface area contributed by atoms with E-state index in [1.54, 1.807) is 6.07 Å². The number of hydrogen-bond acceptors (Lipinski definition) is 7. The van der Waals surface area contributed by atoms with Gasteiger partial charge >= 0.3 is 6.03 Å². The predicted octanol–water partition coefficient (Wildman–Crippen LogP) is 3.14. The lowest BCUT2D eigenvalue weighted by Crippen LogP contribution is -2.52. The lowest BCUT2D eigenvalue weighted by Gasteiger charge is -2.32. The standard InChI is InChI=1S/C19H12N4O6S/c1-20-17(24)16(18(30)21(2)19(20)25)15-11-4-3-5-13(23(28)29)14(11)10-7-6-9(22(26)27)8-12(10)15/h3-8H,1-2H3. The molecule has 10 nitrogen and oxygen atoms in total. The molecule has 0 spiro atoms. The second-order valence-electron chi connectivity index (χ2n) is 6.70. The number of rotatable bonds is 2. The molecule has 1 saturated heterocycles. The quantitative estimate of drug-likeness (QED) is 0.268. The Hall–Kier alpha value is -3.99. The maximum Gasteiger partial charge on any atom is 0.331 e. The number of non-ortho nitro benzene ring substituents is 1. The fourth-order valence-corrected chi connectivity index (χ4v) is 3.98. The number of nitrogens with zero attached hydrogens (tertiary/aromatic N) is 4. The van der Waals surface area contributed by atoms with E-state index in [-0.39, 0.29) is 38.6 Å². The second-order valence-corrected chi connectivity index (χ2v) is 7.09. The molecule has 2 aliphatic rings. The largest absolute Gasteiger partial charge is 0.331 e. The molecule has 0 bridgehead atoms. The van der Waals surface area contributed by atoms with Crippen LogP contribution in [0.25, 0.3) is 16.7 Å². The summed E-state index contributed by atoms with van der Waals surface area (Å²) in [5.74, 6) is -0.685. The van der Waals surface area contributed by atoms with Gasteiger partial charge in [-0.2, -0.15) is 0 Å². The van der Waals surface area contributed by atoms with Gasteiger partial charge in [-0.05, 0) is 22.8 Å². The first-order valence-electron chi connectivity index (χ1n) is 8.56. The molecule has 11 heteroatoms. The van der Waals surface area contributed by atoms with Crippen LogP contribution in [0.15, 0.2) is 42.0 Å². The summed E-state index contributed by atoms with van der Waals surface area (Å²) in [6.07, 6.45) is 0. The Kier molecular flexibility index (Phi) is 4.20. The van der Waals surface area contributed by atoms with Gasteiger partial charge in [0.2, 0.25) is 0 Å². The topological polar surface area (TPSA) is 127 Å². The zero-order valence-electron chi connectivity index (χ0n) is 15.6. The number of likely N-dealkylation sites (N-methyl/N-ethyl adjacent to an activating group) is 2. The Bertz CT molecular complexity index is 1230. The van der Waals surface area contributed by atoms with Crippen LogP contribution in [0.5, 0.6) is 0 Å². The number of urea groups is 1. The van der Waals surface area contributed by atoms with Crippen LogP contribution in [-0.4, -0.2) is 50.7 Å². The van der Waals surface area contributed by atoms with Gasteiger partial charge in [0.05, 0.1) is 21.0 Å². The van der Waals surface area contributed by atoms with Crippen LogP contribution in [0.1, 0.15) is 11.1 Å². The lowest BCUT2D eigenvalue weighted by atomic mass is 9.95. The molecule has 2 aromatic carbocycles. The Labute approximate surface area is 174 Å². The van der Waals surface area contributed by atoms with E-state index in [4.69, 9.17) is 12.2 Å². The second kappa shape index (κ2) is 6.52. The van der Waals surface area contributed by atoms with Crippen LogP contribution in [-0.2, 0) is 4.79 Å². The van der Waals surface area contributed by atoms with Gasteiger partial charge in [-0.3, -0.25) is 34.8 Å². The molecule has 0 saturated carbocycles. The summed E-state index contributed by atoms with van der Waals surface area (Å²) in [6, 6.07) is 7.67. The minimum absolute atomic E-state index is 0.0180. The van der Waals surface area contributed by atoms with Gasteiger partial charge in [-0.1, -0.05) is 24.4 Å². The highest BCUT2D eigenvalue weighted by Gasteiger charge is 2.41. The molecule has 150 valence electrons. The number of carbonyl (C=O) groups is 2. The fraction of sp³-hybridized carbons (Fsp3) is 0.105. The van der Waals surface area contributed by atoms with Crippen molar-refractivity contribution in [3.05, 3.63) is 73.3 Å². The summed E-state index contributed by atoms with van der Waals surface area (Å²) in [7, 11) is 2.70. The van der Waals surface area contributed by atoms with Crippen molar-refractivity contribution < 1.29 is 19.4 Å². The van der Waals surface area contributed by atoms with Crippen molar-refractivity contribution in [3.8, 4) is 11.1 Å². The van der Waals surface area contributed by atoms with Gasteiger partial charge in [0.15, 0.2) is 0 Å². The van der Waals surface area contributed by atoms with E-state index in [1.165, 1.54) is 44.4 Å². The molecule has 1 aliphatic heterocycles. The summed E-state index contributed by atoms with van der Waals surface area (Å²) in [6.45, 7) is 0. The summed E-state index contributed by atoms with van der Waals surface area (Å²) >= 11 is 5.35. The van der Waals surface area contributed by atoms with Gasteiger partial charge in [0.1, 0.15) is 4.99 Å². The van der Waals surface area contributed by atoms with Crippen molar-refractivity contribution in [1.82, 2.24) is 9.80 Å². The molecule has 0 unspecified atom stereocenters. The lowest BCUT2D eigenvalue weighted by molar-refractivity contribution is -0.385. The van der Waals surface area contributed by atoms with Crippen molar-refractivity contribution in [1.29, 1.82) is 0 Å². The SMILES string of the molecule is CN1C(=O)C(=C2c3cc([N+](=O)[O-])ccc3-c3c2cccc3[N+](=O)[O-])C(=S)N(C)C1=O. The molecule has 3 amide bonds. The Morgan fingerprint density at radius 1 is 0.867 bits per heavy atom. The minimum atomic E-state index is -0.685. The van der Waals surface area contributed by atoms with Crippen LogP contribution >= 0.6 is 12.2 Å². The number of nitro benzene ring substituents is 2. The normalized spacial score (nSPS) is 17.9. The molecule has 0 radical (unpaired) electrons. The monoisotopic (exact) mass is 424 g/mol. The zero-order valence-corrected chi connectivity index (χ0v) is 16.4. The molecule has 0 aromatic heterocycles. The van der Waals surface area contributed by atoms with E-state index >= 15 is 0 Å². The average molecular weight is 424 g/mol. The Balaban J connectivity index is 2.15. The molecule has 2 aromatic rings. The van der Waals surface area contributed by atoms with Crippen molar-refractivity contribution in [2.24, 2.45) is 0 Å². The van der Waals surface area contributed by atoms with E-state index in [0.717, 1.165) is 9.80 Å². The van der Waals surface area contributed by atoms with Crippen molar-refractivity contribution in [3.63, 3.8) is 0 Å². The molecule has 30 heavy (non-hydrogen) atoms. The Morgan fingerprint density at radius 3 is 2.20 bits per heavy atom. The first-order chi connectivity index (χ1) is 14.1. The molecule has 0 atom stereocenters. The van der Waals surface area contributed by atoms with E-state index < -0.39 is 21.8 Å². The first-order valence-corrected chi connectivity index (χ1v) is 8.97. The van der Waals surface area contributed by atoms with Gasteiger partial charge in [-0.15, -0.1) is 0 Å². The molecule has 0 N–H and O–H groups in total.